The highest BCUT2D eigenvalue weighted by Crippen LogP contribution is 2.25. The van der Waals surface area contributed by atoms with Crippen molar-refractivity contribution in [3.05, 3.63) is 41.5 Å². The lowest BCUT2D eigenvalue weighted by Gasteiger charge is -2.21. The Hall–Kier alpha value is -1.12. The number of nitrogens with one attached hydrogen (secondary N) is 1. The Morgan fingerprint density at radius 1 is 1.16 bits per heavy atom. The summed E-state index contributed by atoms with van der Waals surface area (Å²) in [6.45, 7) is 12.0. The molecule has 0 saturated carbocycles. The Morgan fingerprint density at radius 3 is 2.53 bits per heavy atom. The van der Waals surface area contributed by atoms with E-state index in [1.807, 2.05) is 0 Å². The lowest BCUT2D eigenvalue weighted by molar-refractivity contribution is 0.290. The first-order valence-electron chi connectivity index (χ1n) is 7.32. The quantitative estimate of drug-likeness (QED) is 0.872. The molecule has 1 aromatic rings. The largest absolute Gasteiger partial charge is 0.310 e. The van der Waals surface area contributed by atoms with E-state index in [2.05, 4.69) is 68.3 Å². The Morgan fingerprint density at radius 2 is 1.89 bits per heavy atom. The van der Waals surface area contributed by atoms with Crippen molar-refractivity contribution in [3.8, 4) is 0 Å². The van der Waals surface area contributed by atoms with Crippen LogP contribution in [0.4, 0.5) is 0 Å². The van der Waals surface area contributed by atoms with Crippen molar-refractivity contribution in [2.45, 2.75) is 46.3 Å². The summed E-state index contributed by atoms with van der Waals surface area (Å²) >= 11 is 0. The summed E-state index contributed by atoms with van der Waals surface area (Å²) in [5.74, 6) is 0. The van der Waals surface area contributed by atoms with Gasteiger partial charge in [0.05, 0.1) is 0 Å². The molecule has 1 aliphatic heterocycles. The van der Waals surface area contributed by atoms with Crippen LogP contribution in [0.1, 0.15) is 38.8 Å². The standard InChI is InChI=1S/C17H26N2/c1-13(2)18-11-15-7-5-6-8-17(15)16-9-10-19(12-16)14(3)4/h5-9,13-14,18H,10-12H2,1-4H3. The highest BCUT2D eigenvalue weighted by Gasteiger charge is 2.19. The summed E-state index contributed by atoms with van der Waals surface area (Å²) in [4.78, 5) is 2.50. The van der Waals surface area contributed by atoms with Gasteiger partial charge in [0.15, 0.2) is 0 Å². The van der Waals surface area contributed by atoms with E-state index < -0.39 is 0 Å². The summed E-state index contributed by atoms with van der Waals surface area (Å²) in [7, 11) is 0. The highest BCUT2D eigenvalue weighted by molar-refractivity contribution is 5.71. The van der Waals surface area contributed by atoms with Gasteiger partial charge in [-0.1, -0.05) is 44.2 Å². The van der Waals surface area contributed by atoms with Crippen molar-refractivity contribution >= 4 is 5.57 Å². The van der Waals surface area contributed by atoms with E-state index in [0.29, 0.717) is 12.1 Å². The molecule has 2 heteroatoms. The molecule has 0 aliphatic carbocycles. The van der Waals surface area contributed by atoms with Gasteiger partial charge in [-0.2, -0.15) is 0 Å². The predicted molar refractivity (Wildman–Crippen MR) is 83.1 cm³/mol. The molecule has 1 aliphatic rings. The van der Waals surface area contributed by atoms with Gasteiger partial charge in [0.1, 0.15) is 0 Å². The molecule has 0 amide bonds. The van der Waals surface area contributed by atoms with Crippen molar-refractivity contribution in [3.63, 3.8) is 0 Å². The Kier molecular flexibility index (Phi) is 4.78. The lowest BCUT2D eigenvalue weighted by Crippen LogP contribution is -2.28. The Balaban J connectivity index is 2.12. The topological polar surface area (TPSA) is 15.3 Å². The van der Waals surface area contributed by atoms with Crippen molar-refractivity contribution in [1.82, 2.24) is 10.2 Å². The van der Waals surface area contributed by atoms with Gasteiger partial charge < -0.3 is 5.32 Å². The van der Waals surface area contributed by atoms with Gasteiger partial charge in [-0.25, -0.2) is 0 Å². The van der Waals surface area contributed by atoms with Crippen LogP contribution in [0.3, 0.4) is 0 Å². The van der Waals surface area contributed by atoms with Gasteiger partial charge >= 0.3 is 0 Å². The minimum Gasteiger partial charge on any atom is -0.310 e. The lowest BCUT2D eigenvalue weighted by atomic mass is 10.00. The SMILES string of the molecule is CC(C)NCc1ccccc1C1=CCN(C(C)C)C1. The first-order chi connectivity index (χ1) is 9.08. The van der Waals surface area contributed by atoms with Crippen LogP contribution in [0.15, 0.2) is 30.3 Å². The summed E-state index contributed by atoms with van der Waals surface area (Å²) < 4.78 is 0. The maximum absolute atomic E-state index is 3.52. The van der Waals surface area contributed by atoms with E-state index in [-0.39, 0.29) is 0 Å². The Bertz CT molecular complexity index is 446. The van der Waals surface area contributed by atoms with Crippen molar-refractivity contribution in [2.24, 2.45) is 0 Å². The maximum Gasteiger partial charge on any atom is 0.0243 e. The fourth-order valence-corrected chi connectivity index (χ4v) is 2.47. The van der Waals surface area contributed by atoms with Crippen LogP contribution in [-0.4, -0.2) is 30.1 Å². The summed E-state index contributed by atoms with van der Waals surface area (Å²) in [5.41, 5.74) is 4.31. The van der Waals surface area contributed by atoms with Gasteiger partial charge in [0.25, 0.3) is 0 Å². The summed E-state index contributed by atoms with van der Waals surface area (Å²) in [6, 6.07) is 9.92. The van der Waals surface area contributed by atoms with Crippen LogP contribution < -0.4 is 5.32 Å². The van der Waals surface area contributed by atoms with Crippen molar-refractivity contribution < 1.29 is 0 Å². The van der Waals surface area contributed by atoms with Gasteiger partial charge in [0.2, 0.25) is 0 Å². The second kappa shape index (κ2) is 6.36. The molecule has 0 fully saturated rings. The van der Waals surface area contributed by atoms with E-state index in [0.717, 1.165) is 19.6 Å². The zero-order chi connectivity index (χ0) is 13.8. The molecule has 0 atom stereocenters. The van der Waals surface area contributed by atoms with E-state index in [4.69, 9.17) is 0 Å². The molecule has 0 bridgehead atoms. The highest BCUT2D eigenvalue weighted by atomic mass is 15.2. The molecule has 104 valence electrons. The third kappa shape index (κ3) is 3.68. The smallest absolute Gasteiger partial charge is 0.0243 e. The average Bonchev–Trinajstić information content (AvgIpc) is 2.86. The number of rotatable bonds is 5. The van der Waals surface area contributed by atoms with Crippen LogP contribution in [0.2, 0.25) is 0 Å². The molecule has 1 N–H and O–H groups in total. The molecular formula is C17H26N2. The molecule has 1 heterocycles. The Labute approximate surface area is 117 Å². The maximum atomic E-state index is 3.52. The minimum atomic E-state index is 0.526. The zero-order valence-corrected chi connectivity index (χ0v) is 12.6. The van der Waals surface area contributed by atoms with Crippen LogP contribution in [0.5, 0.6) is 0 Å². The molecule has 0 aromatic heterocycles. The van der Waals surface area contributed by atoms with E-state index >= 15 is 0 Å². The molecule has 0 spiro atoms. The number of benzene rings is 1. The fourth-order valence-electron chi connectivity index (χ4n) is 2.47. The van der Waals surface area contributed by atoms with E-state index in [1.165, 1.54) is 16.7 Å². The molecule has 2 rings (SSSR count). The molecular weight excluding hydrogens is 232 g/mol. The zero-order valence-electron chi connectivity index (χ0n) is 12.6. The van der Waals surface area contributed by atoms with Crippen molar-refractivity contribution in [2.75, 3.05) is 13.1 Å². The van der Waals surface area contributed by atoms with Crippen LogP contribution >= 0.6 is 0 Å². The molecule has 0 unspecified atom stereocenters. The van der Waals surface area contributed by atoms with Gasteiger partial charge in [0, 0.05) is 31.7 Å². The first-order valence-corrected chi connectivity index (χ1v) is 7.32. The normalized spacial score (nSPS) is 16.4. The number of hydrogen-bond donors (Lipinski definition) is 1. The van der Waals surface area contributed by atoms with E-state index in [9.17, 15) is 0 Å². The first kappa shape index (κ1) is 14.3. The van der Waals surface area contributed by atoms with Crippen LogP contribution in [-0.2, 0) is 6.54 Å². The van der Waals surface area contributed by atoms with Gasteiger partial charge in [-0.3, -0.25) is 4.90 Å². The summed E-state index contributed by atoms with van der Waals surface area (Å²) in [5, 5.41) is 3.52. The minimum absolute atomic E-state index is 0.526. The number of hydrogen-bond acceptors (Lipinski definition) is 2. The van der Waals surface area contributed by atoms with Crippen molar-refractivity contribution in [1.29, 1.82) is 0 Å². The molecule has 0 radical (unpaired) electrons. The third-order valence-electron chi connectivity index (χ3n) is 3.74. The van der Waals surface area contributed by atoms with Gasteiger partial charge in [-0.05, 0) is 30.5 Å². The number of nitrogens with zero attached hydrogens (tertiary/aromatic N) is 1. The molecule has 1 aromatic carbocycles. The van der Waals surface area contributed by atoms with E-state index in [1.54, 1.807) is 0 Å². The monoisotopic (exact) mass is 258 g/mol. The predicted octanol–water partition coefficient (Wildman–Crippen LogP) is 3.29. The second-order valence-electron chi connectivity index (χ2n) is 5.95. The van der Waals surface area contributed by atoms with Crippen LogP contribution in [0, 0.1) is 0 Å². The second-order valence-corrected chi connectivity index (χ2v) is 5.95. The third-order valence-corrected chi connectivity index (χ3v) is 3.74. The summed E-state index contributed by atoms with van der Waals surface area (Å²) in [6.07, 6.45) is 2.38. The van der Waals surface area contributed by atoms with Gasteiger partial charge in [-0.15, -0.1) is 0 Å². The average molecular weight is 258 g/mol. The molecule has 19 heavy (non-hydrogen) atoms. The molecule has 0 saturated heterocycles. The van der Waals surface area contributed by atoms with Crippen LogP contribution in [0.25, 0.3) is 5.57 Å². The molecule has 2 nitrogen and oxygen atoms in total. The fraction of sp³-hybridized carbons (Fsp3) is 0.529.